The summed E-state index contributed by atoms with van der Waals surface area (Å²) in [5, 5.41) is 43.8. The van der Waals surface area contributed by atoms with Crippen LogP contribution in [0.4, 0.5) is 0 Å². The predicted octanol–water partition coefficient (Wildman–Crippen LogP) is 2.63. The second-order valence-electron chi connectivity index (χ2n) is 9.24. The van der Waals surface area contributed by atoms with E-state index in [1.54, 1.807) is 0 Å². The van der Waals surface area contributed by atoms with Crippen LogP contribution in [-0.2, 0) is 35.3 Å². The van der Waals surface area contributed by atoms with Crippen LogP contribution in [0.5, 0.6) is 5.75 Å². The fraction of sp³-hybridized carbons (Fsp3) is 0.321. The van der Waals surface area contributed by atoms with Crippen LogP contribution in [-0.4, -0.2) is 49.5 Å². The molecule has 194 valence electrons. The monoisotopic (exact) mass is 506 g/mol. The Morgan fingerprint density at radius 2 is 1.68 bits per heavy atom. The Morgan fingerprint density at radius 1 is 1.05 bits per heavy atom. The highest BCUT2D eigenvalue weighted by Gasteiger charge is 2.25. The summed E-state index contributed by atoms with van der Waals surface area (Å²) < 4.78 is 0.634. The highest BCUT2D eigenvalue weighted by Crippen LogP contribution is 2.32. The molecule has 0 fully saturated rings. The molecule has 0 spiro atoms. The highest BCUT2D eigenvalue weighted by molar-refractivity contribution is 6.15. The molecule has 0 bridgehead atoms. The van der Waals surface area contributed by atoms with Gasteiger partial charge in [0.05, 0.1) is 17.7 Å². The Balaban J connectivity index is 1.62. The van der Waals surface area contributed by atoms with Crippen LogP contribution < -0.4 is 10.9 Å². The van der Waals surface area contributed by atoms with Crippen LogP contribution in [0.1, 0.15) is 47.8 Å². The van der Waals surface area contributed by atoms with E-state index in [0.717, 1.165) is 31.7 Å². The molecule has 0 amide bonds. The molecule has 3 aromatic rings. The third kappa shape index (κ3) is 5.14. The van der Waals surface area contributed by atoms with E-state index in [9.17, 15) is 29.7 Å². The Bertz CT molecular complexity index is 1440. The molecule has 4 rings (SSSR count). The van der Waals surface area contributed by atoms with Gasteiger partial charge in [-0.1, -0.05) is 32.0 Å². The Morgan fingerprint density at radius 3 is 2.22 bits per heavy atom. The van der Waals surface area contributed by atoms with Gasteiger partial charge >= 0.3 is 11.9 Å². The van der Waals surface area contributed by atoms with Crippen LogP contribution in [0.3, 0.4) is 0 Å². The highest BCUT2D eigenvalue weighted by atomic mass is 16.4. The molecule has 5 N–H and O–H groups in total. The molecule has 1 heterocycles. The Labute approximate surface area is 213 Å². The average molecular weight is 507 g/mol. The van der Waals surface area contributed by atoms with Crippen molar-refractivity contribution in [3.63, 3.8) is 0 Å². The second kappa shape index (κ2) is 10.6. The lowest BCUT2D eigenvalue weighted by atomic mass is 9.97. The van der Waals surface area contributed by atoms with Crippen molar-refractivity contribution in [2.24, 2.45) is 0 Å². The third-order valence-electron chi connectivity index (χ3n) is 6.96. The van der Waals surface area contributed by atoms with Gasteiger partial charge in [-0.15, -0.1) is 0 Å². The van der Waals surface area contributed by atoms with Gasteiger partial charge < -0.3 is 25.7 Å². The molecular formula is C28H30N2O7. The van der Waals surface area contributed by atoms with Gasteiger partial charge in [-0.2, -0.15) is 0 Å². The summed E-state index contributed by atoms with van der Waals surface area (Å²) >= 11 is 0. The average Bonchev–Trinajstić information content (AvgIpc) is 3.27. The van der Waals surface area contributed by atoms with Crippen molar-refractivity contribution in [3.05, 3.63) is 80.6 Å². The van der Waals surface area contributed by atoms with Crippen molar-refractivity contribution in [3.8, 4) is 5.75 Å². The van der Waals surface area contributed by atoms with Gasteiger partial charge in [0.15, 0.2) is 0 Å². The van der Waals surface area contributed by atoms with E-state index < -0.39 is 35.0 Å². The number of aryl methyl sites for hydroxylation is 2. The van der Waals surface area contributed by atoms with E-state index in [1.165, 1.54) is 40.5 Å². The predicted molar refractivity (Wildman–Crippen MR) is 139 cm³/mol. The van der Waals surface area contributed by atoms with Crippen LogP contribution in [0, 0.1) is 0 Å². The van der Waals surface area contributed by atoms with Crippen LogP contribution >= 0.6 is 0 Å². The summed E-state index contributed by atoms with van der Waals surface area (Å²) in [4.78, 5) is 35.5. The van der Waals surface area contributed by atoms with Crippen LogP contribution in [0.25, 0.3) is 16.6 Å². The second-order valence-corrected chi connectivity index (χ2v) is 9.24. The zero-order valence-corrected chi connectivity index (χ0v) is 20.7. The maximum Gasteiger partial charge on any atom is 0.353 e. The summed E-state index contributed by atoms with van der Waals surface area (Å²) in [6.07, 6.45) is 3.01. The number of carboxylic acid groups (broad SMARTS) is 2. The van der Waals surface area contributed by atoms with Crippen molar-refractivity contribution in [2.75, 3.05) is 6.54 Å². The van der Waals surface area contributed by atoms with E-state index in [4.69, 9.17) is 5.11 Å². The number of phenols is 1. The number of pyridine rings is 1. The number of aromatic hydroxyl groups is 1. The molecule has 9 nitrogen and oxygen atoms in total. The Hall–Kier alpha value is -3.95. The third-order valence-corrected chi connectivity index (χ3v) is 6.96. The molecule has 1 atom stereocenters. The normalized spacial score (nSPS) is 14.6. The van der Waals surface area contributed by atoms with E-state index in [1.807, 2.05) is 0 Å². The molecule has 2 aromatic carbocycles. The minimum absolute atomic E-state index is 0.139. The number of hydrogen-bond acceptors (Lipinski definition) is 6. The first kappa shape index (κ1) is 26.1. The van der Waals surface area contributed by atoms with Crippen molar-refractivity contribution in [1.29, 1.82) is 0 Å². The maximum atomic E-state index is 12.6. The largest absolute Gasteiger partial charge is 0.506 e. The molecule has 1 aromatic heterocycles. The molecule has 0 saturated heterocycles. The van der Waals surface area contributed by atoms with Crippen molar-refractivity contribution in [2.45, 2.75) is 51.7 Å². The fourth-order valence-electron chi connectivity index (χ4n) is 5.20. The molecule has 0 aliphatic heterocycles. The van der Waals surface area contributed by atoms with Crippen LogP contribution in [0.15, 0.2) is 47.3 Å². The molecular weight excluding hydrogens is 476 g/mol. The maximum absolute atomic E-state index is 12.6. The van der Waals surface area contributed by atoms with Gasteiger partial charge in [-0.25, -0.2) is 9.59 Å². The molecule has 9 heteroatoms. The standard InChI is InChI=1S/C28H30N2O7/c1-3-15-9-17-11-19(12-18(17)10-16(15)4-2)29-14-24(32)20-5-7-23(31)27-21(20)6-8-25(33)30(27)22(28(36)37)13-26(34)35/h5-10,13,19,24,29,31-32H,3-4,11-12,14H2,1-2H3,(H,34,35)(H,36,37)/b22-13+/t24-/m0/s1. The van der Waals surface area contributed by atoms with Gasteiger partial charge in [-0.3, -0.25) is 9.36 Å². The SMILES string of the molecule is CCc1cc2c(cc1CC)CC(NC[C@H](O)c1ccc(O)c3c1ccc(=O)n3/C(=C/C(=O)O)C(=O)O)C2. The zero-order chi connectivity index (χ0) is 26.9. The topological polar surface area (TPSA) is 149 Å². The van der Waals surface area contributed by atoms with Gasteiger partial charge in [0.25, 0.3) is 5.56 Å². The number of benzene rings is 2. The number of aliphatic hydroxyl groups is 1. The van der Waals surface area contributed by atoms with Gasteiger partial charge in [0.1, 0.15) is 11.4 Å². The quantitative estimate of drug-likeness (QED) is 0.278. The molecule has 0 saturated carbocycles. The number of aliphatic carboxylic acids is 2. The summed E-state index contributed by atoms with van der Waals surface area (Å²) in [6, 6.07) is 9.92. The van der Waals surface area contributed by atoms with Crippen LogP contribution in [0.2, 0.25) is 0 Å². The minimum Gasteiger partial charge on any atom is -0.506 e. The van der Waals surface area contributed by atoms with E-state index in [2.05, 4.69) is 31.3 Å². The lowest BCUT2D eigenvalue weighted by Crippen LogP contribution is -2.33. The first-order valence-corrected chi connectivity index (χ1v) is 12.2. The van der Waals surface area contributed by atoms with E-state index >= 15 is 0 Å². The van der Waals surface area contributed by atoms with Crippen molar-refractivity contribution < 1.29 is 30.0 Å². The first-order valence-electron chi connectivity index (χ1n) is 12.2. The lowest BCUT2D eigenvalue weighted by molar-refractivity contribution is -0.133. The number of fused-ring (bicyclic) bond motifs is 2. The molecule has 1 aliphatic rings. The van der Waals surface area contributed by atoms with Gasteiger partial charge in [0, 0.05) is 24.0 Å². The van der Waals surface area contributed by atoms with Crippen molar-refractivity contribution in [1.82, 2.24) is 9.88 Å². The molecule has 0 unspecified atom stereocenters. The smallest absolute Gasteiger partial charge is 0.353 e. The zero-order valence-electron chi connectivity index (χ0n) is 20.7. The van der Waals surface area contributed by atoms with Gasteiger partial charge in [0.2, 0.25) is 0 Å². The lowest BCUT2D eigenvalue weighted by Gasteiger charge is -2.20. The summed E-state index contributed by atoms with van der Waals surface area (Å²) in [6.45, 7) is 4.50. The number of nitrogens with zero attached hydrogens (tertiary/aromatic N) is 1. The minimum atomic E-state index is -1.65. The van der Waals surface area contributed by atoms with Gasteiger partial charge in [-0.05, 0) is 65.6 Å². The fourth-order valence-corrected chi connectivity index (χ4v) is 5.20. The first-order chi connectivity index (χ1) is 17.6. The van der Waals surface area contributed by atoms with E-state index in [0.29, 0.717) is 16.2 Å². The number of aliphatic hydroxyl groups excluding tert-OH is 1. The molecule has 37 heavy (non-hydrogen) atoms. The number of carbonyl (C=O) groups is 2. The number of aromatic nitrogens is 1. The Kier molecular flexibility index (Phi) is 7.47. The number of carboxylic acids is 2. The number of phenolic OH excluding ortho intramolecular Hbond substituents is 1. The number of hydrogen-bond donors (Lipinski definition) is 5. The molecule has 0 radical (unpaired) electrons. The molecule has 1 aliphatic carbocycles. The number of rotatable bonds is 9. The number of nitrogens with one attached hydrogen (secondary N) is 1. The van der Waals surface area contributed by atoms with E-state index in [-0.39, 0.29) is 23.5 Å². The summed E-state index contributed by atoms with van der Waals surface area (Å²) in [5.41, 5.74) is 3.87. The summed E-state index contributed by atoms with van der Waals surface area (Å²) in [7, 11) is 0. The summed E-state index contributed by atoms with van der Waals surface area (Å²) in [5.74, 6) is -3.63. The van der Waals surface area contributed by atoms with Crippen molar-refractivity contribution >= 4 is 28.5 Å².